The fraction of sp³-hybridized carbons (Fsp3) is 0.684. The Labute approximate surface area is 147 Å². The largest absolute Gasteiger partial charge is 0.345 e. The summed E-state index contributed by atoms with van der Waals surface area (Å²) >= 11 is 1.92. The van der Waals surface area contributed by atoms with E-state index in [1.54, 1.807) is 16.8 Å². The highest BCUT2D eigenvalue weighted by Crippen LogP contribution is 2.39. The van der Waals surface area contributed by atoms with Gasteiger partial charge in [0.2, 0.25) is 0 Å². The van der Waals surface area contributed by atoms with Gasteiger partial charge in [-0.05, 0) is 56.9 Å². The number of fused-ring (bicyclic) bond motifs is 3. The van der Waals surface area contributed by atoms with E-state index in [9.17, 15) is 0 Å². The van der Waals surface area contributed by atoms with E-state index in [1.807, 2.05) is 16.2 Å². The average molecular weight is 344 g/mol. The van der Waals surface area contributed by atoms with Crippen molar-refractivity contribution in [1.82, 2.24) is 9.97 Å². The highest BCUT2D eigenvalue weighted by molar-refractivity contribution is 7.19. The molecule has 0 radical (unpaired) electrons. The molecule has 5 rings (SSSR count). The molecule has 5 heteroatoms. The van der Waals surface area contributed by atoms with E-state index < -0.39 is 0 Å². The molecule has 1 saturated heterocycles. The topological polar surface area (TPSA) is 33.5 Å². The van der Waals surface area contributed by atoms with E-state index in [0.717, 1.165) is 19.1 Å². The summed E-state index contributed by atoms with van der Waals surface area (Å²) in [6, 6.07) is 0.937. The van der Waals surface area contributed by atoms with Crippen LogP contribution in [0.3, 0.4) is 0 Å². The van der Waals surface area contributed by atoms with Crippen molar-refractivity contribution in [3.8, 4) is 0 Å². The molecule has 3 aliphatic rings. The lowest BCUT2D eigenvalue weighted by Gasteiger charge is -2.36. The Balaban J connectivity index is 1.42. The number of anilines is 1. The maximum absolute atomic E-state index is 4.75. The molecule has 2 aromatic rings. The zero-order chi connectivity index (χ0) is 15.9. The summed E-state index contributed by atoms with van der Waals surface area (Å²) in [5.74, 6) is 1.23. The lowest BCUT2D eigenvalue weighted by atomic mass is 9.97. The van der Waals surface area contributed by atoms with Crippen LogP contribution in [0.5, 0.6) is 0 Å². The maximum Gasteiger partial charge on any atom is 0.141 e. The van der Waals surface area contributed by atoms with Crippen LogP contribution in [0, 0.1) is 0 Å². The molecular formula is C19H27N4S+. The number of rotatable bonds is 2. The normalized spacial score (nSPS) is 23.1. The fourth-order valence-corrected chi connectivity index (χ4v) is 6.28. The van der Waals surface area contributed by atoms with Gasteiger partial charge >= 0.3 is 0 Å². The van der Waals surface area contributed by atoms with E-state index in [2.05, 4.69) is 9.88 Å². The number of thiophene rings is 1. The van der Waals surface area contributed by atoms with Crippen molar-refractivity contribution in [1.29, 1.82) is 0 Å². The monoisotopic (exact) mass is 343 g/mol. The Morgan fingerprint density at radius 3 is 2.62 bits per heavy atom. The average Bonchev–Trinajstić information content (AvgIpc) is 3.29. The van der Waals surface area contributed by atoms with Crippen LogP contribution in [0.2, 0.25) is 0 Å². The summed E-state index contributed by atoms with van der Waals surface area (Å²) in [5, 5.41) is 1.39. The standard InChI is InChI=1S/C19H26N4S/c1-2-6-14(5-1)22-9-11-23(12-10-22)18-17-15-7-3-4-8-16(15)24-19(17)21-13-20-18/h13-14H,1-12H2/p+1. The second-order valence-electron chi connectivity index (χ2n) is 7.72. The van der Waals surface area contributed by atoms with Crippen LogP contribution >= 0.6 is 11.3 Å². The molecule has 2 aliphatic carbocycles. The highest BCUT2D eigenvalue weighted by atomic mass is 32.1. The predicted octanol–water partition coefficient (Wildman–Crippen LogP) is 2.22. The zero-order valence-electron chi connectivity index (χ0n) is 14.4. The van der Waals surface area contributed by atoms with Gasteiger partial charge in [0.05, 0.1) is 37.6 Å². The zero-order valence-corrected chi connectivity index (χ0v) is 15.2. The van der Waals surface area contributed by atoms with E-state index in [1.165, 1.54) is 80.5 Å². The smallest absolute Gasteiger partial charge is 0.141 e. The van der Waals surface area contributed by atoms with Crippen molar-refractivity contribution < 1.29 is 4.90 Å². The van der Waals surface area contributed by atoms with Gasteiger partial charge in [0.1, 0.15) is 17.0 Å². The molecule has 1 aliphatic heterocycles. The summed E-state index contributed by atoms with van der Waals surface area (Å²) in [4.78, 5) is 16.5. The van der Waals surface area contributed by atoms with E-state index in [4.69, 9.17) is 4.98 Å². The number of piperazine rings is 1. The summed E-state index contributed by atoms with van der Waals surface area (Å²) < 4.78 is 0. The van der Waals surface area contributed by atoms with Crippen molar-refractivity contribution in [2.24, 2.45) is 0 Å². The molecule has 0 atom stereocenters. The summed E-state index contributed by atoms with van der Waals surface area (Å²) in [6.45, 7) is 4.87. The number of nitrogens with one attached hydrogen (secondary N) is 1. The third-order valence-corrected chi connectivity index (χ3v) is 7.57. The second kappa shape index (κ2) is 6.26. The molecule has 2 fully saturated rings. The number of nitrogens with zero attached hydrogens (tertiary/aromatic N) is 3. The second-order valence-corrected chi connectivity index (χ2v) is 8.80. The van der Waals surface area contributed by atoms with Gasteiger partial charge in [-0.1, -0.05) is 0 Å². The van der Waals surface area contributed by atoms with Crippen molar-refractivity contribution in [2.45, 2.75) is 57.4 Å². The molecule has 24 heavy (non-hydrogen) atoms. The molecule has 128 valence electrons. The van der Waals surface area contributed by atoms with E-state index in [-0.39, 0.29) is 0 Å². The van der Waals surface area contributed by atoms with Crippen molar-refractivity contribution in [3.63, 3.8) is 0 Å². The number of quaternary nitrogens is 1. The van der Waals surface area contributed by atoms with E-state index >= 15 is 0 Å². The number of aromatic nitrogens is 2. The van der Waals surface area contributed by atoms with Crippen LogP contribution in [-0.2, 0) is 12.8 Å². The molecule has 1 N–H and O–H groups in total. The van der Waals surface area contributed by atoms with Crippen LogP contribution in [0.25, 0.3) is 10.2 Å². The Morgan fingerprint density at radius 1 is 1.00 bits per heavy atom. The van der Waals surface area contributed by atoms with Crippen molar-refractivity contribution in [2.75, 3.05) is 31.1 Å². The van der Waals surface area contributed by atoms with Gasteiger partial charge in [0, 0.05) is 4.88 Å². The summed E-state index contributed by atoms with van der Waals surface area (Å²) in [5.41, 5.74) is 1.57. The van der Waals surface area contributed by atoms with Gasteiger partial charge in [0.25, 0.3) is 0 Å². The molecular weight excluding hydrogens is 316 g/mol. The SMILES string of the molecule is c1nc(N2CC[NH+](C3CCCC3)CC2)c2c3c(sc2n1)CCCC3. The van der Waals surface area contributed by atoms with Gasteiger partial charge in [-0.2, -0.15) is 0 Å². The van der Waals surface area contributed by atoms with Crippen LogP contribution in [0.4, 0.5) is 5.82 Å². The van der Waals surface area contributed by atoms with E-state index in [0.29, 0.717) is 0 Å². The Hall–Kier alpha value is -1.20. The molecule has 0 aromatic carbocycles. The van der Waals surface area contributed by atoms with Crippen LogP contribution in [0.1, 0.15) is 49.0 Å². The predicted molar refractivity (Wildman–Crippen MR) is 99.2 cm³/mol. The minimum atomic E-state index is 0.937. The molecule has 0 bridgehead atoms. The Morgan fingerprint density at radius 2 is 1.79 bits per heavy atom. The van der Waals surface area contributed by atoms with Gasteiger partial charge in [0.15, 0.2) is 0 Å². The van der Waals surface area contributed by atoms with Gasteiger partial charge < -0.3 is 9.80 Å². The molecule has 0 unspecified atom stereocenters. The van der Waals surface area contributed by atoms with Gasteiger partial charge in [-0.25, -0.2) is 9.97 Å². The number of hydrogen-bond donors (Lipinski definition) is 1. The highest BCUT2D eigenvalue weighted by Gasteiger charge is 2.31. The van der Waals surface area contributed by atoms with Crippen LogP contribution in [0.15, 0.2) is 6.33 Å². The van der Waals surface area contributed by atoms with Crippen molar-refractivity contribution in [3.05, 3.63) is 16.8 Å². The summed E-state index contributed by atoms with van der Waals surface area (Å²) in [6.07, 6.45) is 12.7. The van der Waals surface area contributed by atoms with Gasteiger partial charge in [-0.15, -0.1) is 11.3 Å². The Bertz CT molecular complexity index is 726. The molecule has 3 heterocycles. The lowest BCUT2D eigenvalue weighted by Crippen LogP contribution is -3.18. The van der Waals surface area contributed by atoms with Crippen LogP contribution < -0.4 is 9.80 Å². The first-order chi connectivity index (χ1) is 11.9. The number of aryl methyl sites for hydroxylation is 2. The first kappa shape index (κ1) is 15.1. The molecule has 4 nitrogen and oxygen atoms in total. The third-order valence-electron chi connectivity index (χ3n) is 6.37. The molecule has 0 spiro atoms. The Kier molecular flexibility index (Phi) is 3.94. The minimum absolute atomic E-state index is 0.937. The molecule has 0 amide bonds. The quantitative estimate of drug-likeness (QED) is 0.908. The molecule has 2 aromatic heterocycles. The number of hydrogen-bond acceptors (Lipinski definition) is 4. The van der Waals surface area contributed by atoms with Crippen LogP contribution in [-0.4, -0.2) is 42.2 Å². The fourth-order valence-electron chi connectivity index (χ4n) is 5.06. The first-order valence-electron chi connectivity index (χ1n) is 9.75. The lowest BCUT2D eigenvalue weighted by molar-refractivity contribution is -0.925. The maximum atomic E-state index is 4.75. The van der Waals surface area contributed by atoms with Crippen molar-refractivity contribution >= 4 is 27.4 Å². The molecule has 1 saturated carbocycles. The summed E-state index contributed by atoms with van der Waals surface area (Å²) in [7, 11) is 0. The first-order valence-corrected chi connectivity index (χ1v) is 10.6. The third kappa shape index (κ3) is 2.53. The minimum Gasteiger partial charge on any atom is -0.345 e. The van der Waals surface area contributed by atoms with Gasteiger partial charge in [-0.3, -0.25) is 0 Å².